The monoisotopic (exact) mass is 299 g/mol. The molecule has 0 radical (unpaired) electrons. The van der Waals surface area contributed by atoms with Crippen molar-refractivity contribution in [3.05, 3.63) is 28.3 Å². The molecule has 0 spiro atoms. The topological polar surface area (TPSA) is 68.8 Å². The van der Waals surface area contributed by atoms with E-state index in [0.29, 0.717) is 10.3 Å². The van der Waals surface area contributed by atoms with Crippen molar-refractivity contribution in [3.8, 4) is 0 Å². The van der Waals surface area contributed by atoms with E-state index in [9.17, 15) is 5.11 Å². The maximum absolute atomic E-state index is 10.2. The van der Waals surface area contributed by atoms with Gasteiger partial charge in [-0.3, -0.25) is 4.68 Å². The fourth-order valence-electron chi connectivity index (χ4n) is 1.66. The summed E-state index contributed by atoms with van der Waals surface area (Å²) in [6, 6.07) is 0. The molecule has 1 atom stereocenters. The Labute approximate surface area is 107 Å². The first kappa shape index (κ1) is 12.3. The molecule has 0 aliphatic heterocycles. The van der Waals surface area contributed by atoms with Crippen LogP contribution in [-0.4, -0.2) is 29.9 Å². The Balaban J connectivity index is 2.27. The van der Waals surface area contributed by atoms with Gasteiger partial charge in [-0.2, -0.15) is 5.10 Å². The van der Waals surface area contributed by atoms with E-state index in [4.69, 9.17) is 0 Å². The third kappa shape index (κ3) is 2.39. The highest BCUT2D eigenvalue weighted by molar-refractivity contribution is 9.10. The number of hydrogen-bond acceptors (Lipinski definition) is 4. The van der Waals surface area contributed by atoms with Crippen LogP contribution in [0.5, 0.6) is 0 Å². The molecule has 0 saturated carbocycles. The molecular weight excluding hydrogens is 286 g/mol. The summed E-state index contributed by atoms with van der Waals surface area (Å²) in [5.74, 6) is 0. The fraction of sp³-hybridized carbons (Fsp3) is 0.500. The molecule has 0 bridgehead atoms. The van der Waals surface area contributed by atoms with Crippen molar-refractivity contribution in [3.63, 3.8) is 0 Å². The van der Waals surface area contributed by atoms with Crippen LogP contribution in [-0.2, 0) is 13.6 Å². The SMILES string of the molecule is CCCn1cc(C(O)c2c(Br)nnn2C)cn1. The predicted molar refractivity (Wildman–Crippen MR) is 65.3 cm³/mol. The summed E-state index contributed by atoms with van der Waals surface area (Å²) in [7, 11) is 1.74. The van der Waals surface area contributed by atoms with E-state index < -0.39 is 6.10 Å². The van der Waals surface area contributed by atoms with Crippen molar-refractivity contribution in [2.24, 2.45) is 7.05 Å². The maximum Gasteiger partial charge on any atom is 0.154 e. The van der Waals surface area contributed by atoms with E-state index in [-0.39, 0.29) is 0 Å². The average Bonchev–Trinajstić information content (AvgIpc) is 2.87. The second-order valence-corrected chi connectivity index (χ2v) is 4.58. The van der Waals surface area contributed by atoms with E-state index in [0.717, 1.165) is 18.5 Å². The molecule has 1 unspecified atom stereocenters. The number of halogens is 1. The Morgan fingerprint density at radius 3 is 2.88 bits per heavy atom. The minimum atomic E-state index is -0.769. The van der Waals surface area contributed by atoms with Gasteiger partial charge in [0.25, 0.3) is 0 Å². The molecule has 2 heterocycles. The normalized spacial score (nSPS) is 12.9. The standard InChI is InChI=1S/C10H14BrN5O/c1-3-4-16-6-7(5-12-16)9(17)8-10(11)13-14-15(8)2/h5-6,9,17H,3-4H2,1-2H3. The Morgan fingerprint density at radius 1 is 1.53 bits per heavy atom. The van der Waals surface area contributed by atoms with E-state index in [1.54, 1.807) is 17.9 Å². The molecule has 0 aliphatic rings. The molecule has 0 saturated heterocycles. The van der Waals surface area contributed by atoms with Crippen LogP contribution in [0.25, 0.3) is 0 Å². The lowest BCUT2D eigenvalue weighted by Crippen LogP contribution is -2.06. The van der Waals surface area contributed by atoms with Crippen molar-refractivity contribution >= 4 is 15.9 Å². The summed E-state index contributed by atoms with van der Waals surface area (Å²) in [6.07, 6.45) is 3.75. The van der Waals surface area contributed by atoms with Crippen molar-refractivity contribution < 1.29 is 5.11 Å². The molecule has 6 nitrogen and oxygen atoms in total. The highest BCUT2D eigenvalue weighted by atomic mass is 79.9. The van der Waals surface area contributed by atoms with Crippen molar-refractivity contribution in [2.45, 2.75) is 26.0 Å². The molecule has 2 aromatic rings. The molecule has 7 heteroatoms. The molecule has 0 fully saturated rings. The largest absolute Gasteiger partial charge is 0.382 e. The number of nitrogens with zero attached hydrogens (tertiary/aromatic N) is 5. The summed E-state index contributed by atoms with van der Waals surface area (Å²) in [5, 5.41) is 22.1. The number of aromatic nitrogens is 5. The Bertz CT molecular complexity index is 487. The third-order valence-corrected chi connectivity index (χ3v) is 3.07. The van der Waals surface area contributed by atoms with Crippen LogP contribution in [0.4, 0.5) is 0 Å². The summed E-state index contributed by atoms with van der Waals surface area (Å²) < 4.78 is 3.91. The first-order valence-electron chi connectivity index (χ1n) is 5.39. The molecule has 2 aromatic heterocycles. The van der Waals surface area contributed by atoms with E-state index >= 15 is 0 Å². The van der Waals surface area contributed by atoms with E-state index in [2.05, 4.69) is 38.3 Å². The van der Waals surface area contributed by atoms with Gasteiger partial charge in [-0.1, -0.05) is 12.1 Å². The fourth-order valence-corrected chi connectivity index (χ4v) is 2.20. The molecular formula is C10H14BrN5O. The number of hydrogen-bond donors (Lipinski definition) is 1. The lowest BCUT2D eigenvalue weighted by atomic mass is 10.1. The smallest absolute Gasteiger partial charge is 0.154 e. The van der Waals surface area contributed by atoms with Crippen LogP contribution in [0.3, 0.4) is 0 Å². The van der Waals surface area contributed by atoms with Gasteiger partial charge in [0.05, 0.1) is 6.20 Å². The number of aryl methyl sites for hydroxylation is 2. The summed E-state index contributed by atoms with van der Waals surface area (Å²) in [6.45, 7) is 2.93. The summed E-state index contributed by atoms with van der Waals surface area (Å²) in [4.78, 5) is 0. The molecule has 1 N–H and O–H groups in total. The molecule has 0 aliphatic carbocycles. The minimum absolute atomic E-state index is 0.552. The van der Waals surface area contributed by atoms with Gasteiger partial charge in [-0.05, 0) is 22.4 Å². The van der Waals surface area contributed by atoms with E-state index in [1.165, 1.54) is 0 Å². The first-order valence-corrected chi connectivity index (χ1v) is 6.18. The van der Waals surface area contributed by atoms with Crippen molar-refractivity contribution in [1.29, 1.82) is 0 Å². The molecule has 92 valence electrons. The predicted octanol–water partition coefficient (Wildman–Crippen LogP) is 1.27. The minimum Gasteiger partial charge on any atom is -0.382 e. The second-order valence-electron chi connectivity index (χ2n) is 3.83. The molecule has 0 amide bonds. The Morgan fingerprint density at radius 2 is 2.29 bits per heavy atom. The summed E-state index contributed by atoms with van der Waals surface area (Å²) >= 11 is 3.27. The zero-order valence-electron chi connectivity index (χ0n) is 9.71. The Kier molecular flexibility index (Phi) is 3.58. The van der Waals surface area contributed by atoms with Gasteiger partial charge in [0.15, 0.2) is 4.60 Å². The van der Waals surface area contributed by atoms with Crippen LogP contribution < -0.4 is 0 Å². The number of aliphatic hydroxyl groups excluding tert-OH is 1. The maximum atomic E-state index is 10.2. The quantitative estimate of drug-likeness (QED) is 0.923. The first-order chi connectivity index (χ1) is 8.13. The lowest BCUT2D eigenvalue weighted by Gasteiger charge is -2.08. The van der Waals surface area contributed by atoms with Crippen LogP contribution in [0.1, 0.15) is 30.7 Å². The number of rotatable bonds is 4. The molecule has 2 rings (SSSR count). The van der Waals surface area contributed by atoms with Crippen LogP contribution in [0.2, 0.25) is 0 Å². The van der Waals surface area contributed by atoms with Crippen LogP contribution in [0.15, 0.2) is 17.0 Å². The van der Waals surface area contributed by atoms with E-state index in [1.807, 2.05) is 10.9 Å². The highest BCUT2D eigenvalue weighted by Crippen LogP contribution is 2.25. The Hall–Kier alpha value is -1.21. The van der Waals surface area contributed by atoms with Gasteiger partial charge < -0.3 is 5.11 Å². The van der Waals surface area contributed by atoms with Gasteiger partial charge >= 0.3 is 0 Å². The van der Waals surface area contributed by atoms with Crippen LogP contribution in [0, 0.1) is 0 Å². The van der Waals surface area contributed by atoms with Crippen molar-refractivity contribution in [2.75, 3.05) is 0 Å². The molecule has 0 aromatic carbocycles. The van der Waals surface area contributed by atoms with Gasteiger partial charge in [-0.25, -0.2) is 4.68 Å². The lowest BCUT2D eigenvalue weighted by molar-refractivity contribution is 0.209. The zero-order valence-corrected chi connectivity index (χ0v) is 11.3. The van der Waals surface area contributed by atoms with Gasteiger partial charge in [-0.15, -0.1) is 5.10 Å². The van der Waals surface area contributed by atoms with Crippen molar-refractivity contribution in [1.82, 2.24) is 24.8 Å². The summed E-state index contributed by atoms with van der Waals surface area (Å²) in [5.41, 5.74) is 1.37. The highest BCUT2D eigenvalue weighted by Gasteiger charge is 2.20. The third-order valence-electron chi connectivity index (χ3n) is 2.51. The zero-order chi connectivity index (χ0) is 12.4. The van der Waals surface area contributed by atoms with Gasteiger partial charge in [0, 0.05) is 25.4 Å². The molecule has 17 heavy (non-hydrogen) atoms. The average molecular weight is 300 g/mol. The van der Waals surface area contributed by atoms with Crippen LogP contribution >= 0.6 is 15.9 Å². The van der Waals surface area contributed by atoms with Gasteiger partial charge in [0.2, 0.25) is 0 Å². The van der Waals surface area contributed by atoms with Gasteiger partial charge in [0.1, 0.15) is 11.8 Å². The second kappa shape index (κ2) is 4.97. The number of aliphatic hydroxyl groups is 1.